The van der Waals surface area contributed by atoms with Crippen LogP contribution in [0.15, 0.2) is 37.4 Å². The van der Waals surface area contributed by atoms with Crippen molar-refractivity contribution < 1.29 is 35.1 Å². The molecule has 0 aromatic carbocycles. The molecule has 0 amide bonds. The van der Waals surface area contributed by atoms with E-state index in [0.717, 1.165) is 0 Å². The van der Waals surface area contributed by atoms with Crippen LogP contribution in [0.5, 0.6) is 0 Å². The Labute approximate surface area is 135 Å². The lowest BCUT2D eigenvalue weighted by molar-refractivity contribution is -0.671. The van der Waals surface area contributed by atoms with Crippen LogP contribution in [0, 0.1) is 0 Å². The van der Waals surface area contributed by atoms with Crippen molar-refractivity contribution in [1.29, 1.82) is 0 Å². The molecule has 0 aliphatic carbocycles. The van der Waals surface area contributed by atoms with Gasteiger partial charge in [0.2, 0.25) is 12.7 Å². The molecular formula is C11H20N4O6S2. The molecule has 0 fully saturated rings. The first-order valence-electron chi connectivity index (χ1n) is 6.10. The monoisotopic (exact) mass is 368 g/mol. The van der Waals surface area contributed by atoms with Crippen LogP contribution in [0.3, 0.4) is 0 Å². The van der Waals surface area contributed by atoms with Gasteiger partial charge in [0.15, 0.2) is 0 Å². The van der Waals surface area contributed by atoms with Gasteiger partial charge in [-0.2, -0.15) is 0 Å². The highest BCUT2D eigenvalue weighted by Crippen LogP contribution is 1.87. The maximum Gasteiger partial charge on any atom is 0.243 e. The van der Waals surface area contributed by atoms with Crippen LogP contribution in [0.2, 0.25) is 0 Å². The zero-order valence-electron chi connectivity index (χ0n) is 13.2. The molecule has 0 spiro atoms. The van der Waals surface area contributed by atoms with E-state index in [4.69, 9.17) is 0 Å². The molecule has 0 saturated heterocycles. The fraction of sp³-hybridized carbons (Fsp3) is 0.455. The molecule has 2 rings (SSSR count). The second-order valence-corrected chi connectivity index (χ2v) is 7.90. The molecule has 132 valence electrons. The summed E-state index contributed by atoms with van der Waals surface area (Å²) in [6.45, 7) is 0. The molecule has 10 nitrogen and oxygen atoms in total. The van der Waals surface area contributed by atoms with Crippen LogP contribution in [-0.4, -0.2) is 40.2 Å². The third kappa shape index (κ3) is 13.6. The molecule has 0 aliphatic rings. The van der Waals surface area contributed by atoms with Gasteiger partial charge in [-0.05, 0) is 0 Å². The molecule has 2 heterocycles. The van der Waals surface area contributed by atoms with Gasteiger partial charge >= 0.3 is 0 Å². The number of hydrogen-bond acceptors (Lipinski definition) is 6. The van der Waals surface area contributed by atoms with Crippen molar-refractivity contribution in [3.8, 4) is 0 Å². The number of rotatable bonds is 2. The Hall–Kier alpha value is -1.76. The summed E-state index contributed by atoms with van der Waals surface area (Å²) < 4.78 is 65.1. The number of aromatic nitrogens is 4. The predicted molar refractivity (Wildman–Crippen MR) is 77.4 cm³/mol. The molecule has 0 bridgehead atoms. The van der Waals surface area contributed by atoms with Gasteiger partial charge in [0.25, 0.3) is 0 Å². The van der Waals surface area contributed by atoms with Crippen LogP contribution >= 0.6 is 0 Å². The maximum absolute atomic E-state index is 9.51. The summed E-state index contributed by atoms with van der Waals surface area (Å²) in [5.41, 5.74) is 0. The minimum Gasteiger partial charge on any atom is -0.747 e. The standard InChI is InChI=1S/2C5H9N2.CH4O6S2/c2*1-6-3-4-7(2)5-6;2-8(3,4)1-9(5,6)7/h2*3-5H,1-2H3;1H2,(H,2,3,4)(H,5,6,7)/q2*+1;/p-2. The molecule has 0 atom stereocenters. The molecule has 2 aromatic heterocycles. The van der Waals surface area contributed by atoms with E-state index in [-0.39, 0.29) is 0 Å². The minimum atomic E-state index is -4.93. The largest absolute Gasteiger partial charge is 0.747 e. The SMILES string of the molecule is Cn1cc[n+](C)c1.Cn1cc[n+](C)c1.O=S(=O)([O-])CS(=O)(=O)[O-]. The molecular weight excluding hydrogens is 348 g/mol. The van der Waals surface area contributed by atoms with Gasteiger partial charge < -0.3 is 9.11 Å². The van der Waals surface area contributed by atoms with Crippen molar-refractivity contribution in [3.05, 3.63) is 37.4 Å². The highest BCUT2D eigenvalue weighted by Gasteiger charge is 2.00. The van der Waals surface area contributed by atoms with Crippen LogP contribution in [0.1, 0.15) is 0 Å². The van der Waals surface area contributed by atoms with Crippen LogP contribution in [-0.2, 0) is 48.4 Å². The molecule has 23 heavy (non-hydrogen) atoms. The van der Waals surface area contributed by atoms with Crippen LogP contribution in [0.25, 0.3) is 0 Å². The molecule has 0 aliphatic heterocycles. The summed E-state index contributed by atoms with van der Waals surface area (Å²) in [7, 11) is -1.86. The molecule has 12 heteroatoms. The van der Waals surface area contributed by atoms with E-state index in [1.54, 1.807) is 0 Å². The van der Waals surface area contributed by atoms with E-state index < -0.39 is 25.3 Å². The summed E-state index contributed by atoms with van der Waals surface area (Å²) in [5, 5.41) is -1.88. The molecule has 0 radical (unpaired) electrons. The molecule has 2 aromatic rings. The highest BCUT2D eigenvalue weighted by atomic mass is 32.3. The van der Waals surface area contributed by atoms with Gasteiger partial charge in [-0.15, -0.1) is 0 Å². The quantitative estimate of drug-likeness (QED) is 0.434. The number of aryl methyl sites for hydroxylation is 4. The summed E-state index contributed by atoms with van der Waals surface area (Å²) in [6, 6.07) is 0. The normalized spacial score (nSPS) is 11.0. The smallest absolute Gasteiger partial charge is 0.243 e. The molecule has 0 unspecified atom stereocenters. The zero-order valence-corrected chi connectivity index (χ0v) is 14.9. The Morgan fingerprint density at radius 2 is 1.13 bits per heavy atom. The number of nitrogens with zero attached hydrogens (tertiary/aromatic N) is 4. The lowest BCUT2D eigenvalue weighted by atomic mass is 10.9. The summed E-state index contributed by atoms with van der Waals surface area (Å²) >= 11 is 0. The first kappa shape index (κ1) is 21.2. The summed E-state index contributed by atoms with van der Waals surface area (Å²) in [6.07, 6.45) is 12.0. The van der Waals surface area contributed by atoms with E-state index in [9.17, 15) is 25.9 Å². The van der Waals surface area contributed by atoms with Gasteiger partial charge in [0.1, 0.15) is 50.1 Å². The van der Waals surface area contributed by atoms with Crippen molar-refractivity contribution >= 4 is 20.2 Å². The van der Waals surface area contributed by atoms with E-state index in [2.05, 4.69) is 0 Å². The average Bonchev–Trinajstić information content (AvgIpc) is 2.84. The first-order chi connectivity index (χ1) is 10.3. The highest BCUT2D eigenvalue weighted by molar-refractivity contribution is 8.02. The van der Waals surface area contributed by atoms with Crippen LogP contribution in [0.4, 0.5) is 0 Å². The van der Waals surface area contributed by atoms with Gasteiger partial charge in [-0.3, -0.25) is 0 Å². The number of imidazole rings is 2. The summed E-state index contributed by atoms with van der Waals surface area (Å²) in [4.78, 5) is 0. The van der Waals surface area contributed by atoms with Crippen LogP contribution < -0.4 is 9.13 Å². The molecule has 0 saturated carbocycles. The third-order valence-corrected chi connectivity index (χ3v) is 4.40. The summed E-state index contributed by atoms with van der Waals surface area (Å²) in [5.74, 6) is 0. The Morgan fingerprint density at radius 1 is 0.826 bits per heavy atom. The third-order valence-electron chi connectivity index (χ3n) is 2.09. The second-order valence-electron chi connectivity index (χ2n) is 4.72. The van der Waals surface area contributed by atoms with Gasteiger partial charge in [0, 0.05) is 0 Å². The predicted octanol–water partition coefficient (Wildman–Crippen LogP) is -2.27. The Balaban J connectivity index is 0.000000318. The Kier molecular flexibility index (Phi) is 8.09. The lowest BCUT2D eigenvalue weighted by Crippen LogP contribution is -2.23. The Morgan fingerprint density at radius 3 is 1.17 bits per heavy atom. The first-order valence-corrected chi connectivity index (χ1v) is 9.25. The fourth-order valence-electron chi connectivity index (χ4n) is 1.33. The van der Waals surface area contributed by atoms with Gasteiger partial charge in [-0.25, -0.2) is 35.1 Å². The van der Waals surface area contributed by atoms with E-state index >= 15 is 0 Å². The topological polar surface area (TPSA) is 132 Å². The maximum atomic E-state index is 9.51. The lowest BCUT2D eigenvalue weighted by Gasteiger charge is -2.08. The second kappa shape index (κ2) is 8.76. The van der Waals surface area contributed by atoms with E-state index in [1.165, 1.54) is 0 Å². The van der Waals surface area contributed by atoms with Crippen molar-refractivity contribution in [1.82, 2.24) is 9.13 Å². The van der Waals surface area contributed by atoms with E-state index in [1.807, 2.05) is 83.9 Å². The fourth-order valence-corrected chi connectivity index (χ4v) is 2.74. The Bertz CT molecular complexity index is 706. The minimum absolute atomic E-state index is 1.88. The van der Waals surface area contributed by atoms with Gasteiger partial charge in [-0.1, -0.05) is 0 Å². The zero-order chi connectivity index (χ0) is 18.3. The average molecular weight is 368 g/mol. The van der Waals surface area contributed by atoms with Gasteiger partial charge in [0.05, 0.1) is 28.2 Å². The number of hydrogen-bond donors (Lipinski definition) is 0. The van der Waals surface area contributed by atoms with Crippen molar-refractivity contribution in [2.75, 3.05) is 5.08 Å². The van der Waals surface area contributed by atoms with Crippen molar-refractivity contribution in [3.63, 3.8) is 0 Å². The molecule has 0 N–H and O–H groups in total. The van der Waals surface area contributed by atoms with E-state index in [0.29, 0.717) is 0 Å². The van der Waals surface area contributed by atoms with Crippen molar-refractivity contribution in [2.24, 2.45) is 28.2 Å². The van der Waals surface area contributed by atoms with Crippen molar-refractivity contribution in [2.45, 2.75) is 0 Å².